The summed E-state index contributed by atoms with van der Waals surface area (Å²) in [6.07, 6.45) is 0. The van der Waals surface area contributed by atoms with Crippen LogP contribution < -0.4 is 0 Å². The van der Waals surface area contributed by atoms with Gasteiger partial charge in [0.25, 0.3) is 0 Å². The van der Waals surface area contributed by atoms with Gasteiger partial charge in [-0.1, -0.05) is 17.7 Å². The zero-order valence-electron chi connectivity index (χ0n) is 8.61. The van der Waals surface area contributed by atoms with Crippen LogP contribution in [0.5, 0.6) is 5.75 Å². The molecule has 0 amide bonds. The summed E-state index contributed by atoms with van der Waals surface area (Å²) in [7, 11) is 0. The first-order valence-corrected chi connectivity index (χ1v) is 5.18. The van der Waals surface area contributed by atoms with E-state index in [9.17, 15) is 9.50 Å². The van der Waals surface area contributed by atoms with E-state index in [1.165, 1.54) is 30.3 Å². The predicted molar refractivity (Wildman–Crippen MR) is 63.2 cm³/mol. The molecule has 0 aromatic heterocycles. The Bertz CT molecular complexity index is 619. The van der Waals surface area contributed by atoms with E-state index in [-0.39, 0.29) is 16.9 Å². The topological polar surface area (TPSA) is 44.0 Å². The number of hydrogen-bond acceptors (Lipinski definition) is 2. The average molecular weight is 248 g/mol. The van der Waals surface area contributed by atoms with Crippen molar-refractivity contribution in [3.63, 3.8) is 0 Å². The molecule has 0 aliphatic carbocycles. The van der Waals surface area contributed by atoms with Crippen molar-refractivity contribution in [2.75, 3.05) is 0 Å². The van der Waals surface area contributed by atoms with E-state index < -0.39 is 5.82 Å². The van der Waals surface area contributed by atoms with Crippen molar-refractivity contribution in [1.82, 2.24) is 0 Å². The lowest BCUT2D eigenvalue weighted by molar-refractivity contribution is 0.474. The first-order valence-electron chi connectivity index (χ1n) is 4.80. The highest BCUT2D eigenvalue weighted by Crippen LogP contribution is 2.29. The van der Waals surface area contributed by atoms with E-state index in [0.717, 1.165) is 0 Å². The zero-order chi connectivity index (χ0) is 12.4. The Labute approximate surface area is 103 Å². The largest absolute Gasteiger partial charge is 0.507 e. The molecule has 0 spiro atoms. The number of nitriles is 1. The fourth-order valence-electron chi connectivity index (χ4n) is 1.51. The third-order valence-electron chi connectivity index (χ3n) is 2.36. The zero-order valence-corrected chi connectivity index (χ0v) is 9.37. The van der Waals surface area contributed by atoms with Crippen LogP contribution in [0.25, 0.3) is 11.1 Å². The second-order valence-electron chi connectivity index (χ2n) is 3.47. The SMILES string of the molecule is N#Cc1ccc(-c2cc(Cl)ccc2F)cc1O. The maximum absolute atomic E-state index is 13.6. The van der Waals surface area contributed by atoms with Crippen molar-refractivity contribution in [2.24, 2.45) is 0 Å². The quantitative estimate of drug-likeness (QED) is 0.835. The Morgan fingerprint density at radius 1 is 1.18 bits per heavy atom. The number of aromatic hydroxyl groups is 1. The van der Waals surface area contributed by atoms with E-state index in [1.54, 1.807) is 6.07 Å². The molecule has 0 aliphatic heterocycles. The summed E-state index contributed by atoms with van der Waals surface area (Å²) in [6, 6.07) is 10.3. The normalized spacial score (nSPS) is 9.94. The smallest absolute Gasteiger partial charge is 0.133 e. The Hall–Kier alpha value is -2.05. The van der Waals surface area contributed by atoms with Crippen molar-refractivity contribution in [1.29, 1.82) is 5.26 Å². The van der Waals surface area contributed by atoms with Crippen LogP contribution in [0, 0.1) is 17.1 Å². The summed E-state index contributed by atoms with van der Waals surface area (Å²) in [5, 5.41) is 18.6. The predicted octanol–water partition coefficient (Wildman–Crippen LogP) is 3.72. The lowest BCUT2D eigenvalue weighted by Crippen LogP contribution is -1.85. The molecule has 1 N–H and O–H groups in total. The van der Waals surface area contributed by atoms with Crippen molar-refractivity contribution >= 4 is 11.6 Å². The van der Waals surface area contributed by atoms with Crippen LogP contribution in [0.2, 0.25) is 5.02 Å². The molecule has 0 aliphatic rings. The summed E-state index contributed by atoms with van der Waals surface area (Å²) in [5.41, 5.74) is 0.912. The maximum atomic E-state index is 13.6. The van der Waals surface area contributed by atoms with Crippen molar-refractivity contribution in [3.05, 3.63) is 52.8 Å². The van der Waals surface area contributed by atoms with Gasteiger partial charge >= 0.3 is 0 Å². The fourth-order valence-corrected chi connectivity index (χ4v) is 1.68. The molecule has 2 nitrogen and oxygen atoms in total. The van der Waals surface area contributed by atoms with Crippen molar-refractivity contribution < 1.29 is 9.50 Å². The van der Waals surface area contributed by atoms with Crippen molar-refractivity contribution in [2.45, 2.75) is 0 Å². The molecule has 84 valence electrons. The van der Waals surface area contributed by atoms with Gasteiger partial charge < -0.3 is 5.11 Å². The van der Waals surface area contributed by atoms with Crippen LogP contribution in [-0.4, -0.2) is 5.11 Å². The number of halogens is 2. The molecular weight excluding hydrogens is 241 g/mol. The molecule has 0 unspecified atom stereocenters. The Morgan fingerprint density at radius 2 is 1.94 bits per heavy atom. The third-order valence-corrected chi connectivity index (χ3v) is 2.59. The average Bonchev–Trinajstić information content (AvgIpc) is 2.32. The van der Waals surface area contributed by atoms with Gasteiger partial charge in [-0.05, 0) is 35.9 Å². The number of hydrogen-bond donors (Lipinski definition) is 1. The monoisotopic (exact) mass is 247 g/mol. The number of phenols is 1. The summed E-state index contributed by atoms with van der Waals surface area (Å²) >= 11 is 5.78. The summed E-state index contributed by atoms with van der Waals surface area (Å²) < 4.78 is 13.6. The second kappa shape index (κ2) is 4.44. The summed E-state index contributed by atoms with van der Waals surface area (Å²) in [5.74, 6) is -0.608. The molecule has 0 bridgehead atoms. The molecule has 0 saturated carbocycles. The van der Waals surface area contributed by atoms with E-state index >= 15 is 0 Å². The van der Waals surface area contributed by atoms with Gasteiger partial charge in [-0.15, -0.1) is 0 Å². The highest BCUT2D eigenvalue weighted by molar-refractivity contribution is 6.30. The molecule has 0 atom stereocenters. The molecule has 2 aromatic rings. The molecular formula is C13H7ClFNO. The van der Waals surface area contributed by atoms with Crippen LogP contribution in [0.3, 0.4) is 0 Å². The Kier molecular flexibility index (Phi) is 2.99. The van der Waals surface area contributed by atoms with Gasteiger partial charge in [0.15, 0.2) is 0 Å². The minimum Gasteiger partial charge on any atom is -0.507 e. The molecule has 4 heteroatoms. The number of benzene rings is 2. The lowest BCUT2D eigenvalue weighted by atomic mass is 10.0. The highest BCUT2D eigenvalue weighted by atomic mass is 35.5. The van der Waals surface area contributed by atoms with Gasteiger partial charge in [0.05, 0.1) is 5.56 Å². The second-order valence-corrected chi connectivity index (χ2v) is 3.90. The molecule has 0 heterocycles. The fraction of sp³-hybridized carbons (Fsp3) is 0. The van der Waals surface area contributed by atoms with Crippen LogP contribution in [0.1, 0.15) is 5.56 Å². The van der Waals surface area contributed by atoms with Crippen LogP contribution in [0.15, 0.2) is 36.4 Å². The first-order chi connectivity index (χ1) is 8.11. The van der Waals surface area contributed by atoms with Gasteiger partial charge in [0.1, 0.15) is 17.6 Å². The molecule has 2 aromatic carbocycles. The Balaban J connectivity index is 2.58. The molecule has 2 rings (SSSR count). The van der Waals surface area contributed by atoms with Crippen molar-refractivity contribution in [3.8, 4) is 22.9 Å². The summed E-state index contributed by atoms with van der Waals surface area (Å²) in [4.78, 5) is 0. The standard InChI is InChI=1S/C13H7ClFNO/c14-10-3-4-12(15)11(6-10)8-1-2-9(7-16)13(17)5-8/h1-6,17H. The first kappa shape index (κ1) is 11.4. The van der Waals surface area contributed by atoms with Gasteiger partial charge in [-0.25, -0.2) is 4.39 Å². The third kappa shape index (κ3) is 2.22. The van der Waals surface area contributed by atoms with Crippen LogP contribution >= 0.6 is 11.6 Å². The van der Waals surface area contributed by atoms with E-state index in [1.807, 2.05) is 6.07 Å². The number of rotatable bonds is 1. The van der Waals surface area contributed by atoms with Crippen LogP contribution in [-0.2, 0) is 0 Å². The van der Waals surface area contributed by atoms with Crippen LogP contribution in [0.4, 0.5) is 4.39 Å². The number of phenolic OH excluding ortho intramolecular Hbond substituents is 1. The van der Waals surface area contributed by atoms with E-state index in [4.69, 9.17) is 16.9 Å². The maximum Gasteiger partial charge on any atom is 0.133 e. The van der Waals surface area contributed by atoms with E-state index in [2.05, 4.69) is 0 Å². The highest BCUT2D eigenvalue weighted by Gasteiger charge is 2.08. The molecule has 0 saturated heterocycles. The van der Waals surface area contributed by atoms with Gasteiger partial charge in [-0.3, -0.25) is 0 Å². The number of nitrogens with zero attached hydrogens (tertiary/aromatic N) is 1. The lowest BCUT2D eigenvalue weighted by Gasteiger charge is -2.05. The minimum atomic E-state index is -0.432. The minimum absolute atomic E-state index is 0.149. The van der Waals surface area contributed by atoms with E-state index in [0.29, 0.717) is 10.6 Å². The summed E-state index contributed by atoms with van der Waals surface area (Å²) in [6.45, 7) is 0. The molecule has 0 fully saturated rings. The van der Waals surface area contributed by atoms with Gasteiger partial charge in [0.2, 0.25) is 0 Å². The van der Waals surface area contributed by atoms with Gasteiger partial charge in [-0.2, -0.15) is 5.26 Å². The molecule has 0 radical (unpaired) electrons. The van der Waals surface area contributed by atoms with Gasteiger partial charge in [0, 0.05) is 10.6 Å². The Morgan fingerprint density at radius 3 is 2.59 bits per heavy atom. The molecule has 17 heavy (non-hydrogen) atoms.